The minimum atomic E-state index is -3.76. The number of anilines is 1. The summed E-state index contributed by atoms with van der Waals surface area (Å²) in [7, 11) is -3.76. The van der Waals surface area contributed by atoms with Gasteiger partial charge in [0.2, 0.25) is 10.0 Å². The molecule has 1 aromatic carbocycles. The minimum Gasteiger partial charge on any atom is -0.321 e. The van der Waals surface area contributed by atoms with E-state index in [1.807, 2.05) is 20.8 Å². The first-order valence-corrected chi connectivity index (χ1v) is 10.6. The molecule has 0 aliphatic heterocycles. The van der Waals surface area contributed by atoms with Gasteiger partial charge >= 0.3 is 0 Å². The number of hydrogen-bond acceptors (Lipinski definition) is 5. The Balaban J connectivity index is 2.13. The van der Waals surface area contributed by atoms with E-state index in [0.29, 0.717) is 12.0 Å². The zero-order chi connectivity index (χ0) is 19.4. The Morgan fingerprint density at radius 2 is 1.77 bits per heavy atom. The van der Waals surface area contributed by atoms with Gasteiger partial charge in [-0.1, -0.05) is 32.9 Å². The zero-order valence-electron chi connectivity index (χ0n) is 14.9. The number of hydrogen-bond donors (Lipinski definition) is 2. The summed E-state index contributed by atoms with van der Waals surface area (Å²) in [6.45, 7) is 5.79. The molecule has 0 aliphatic carbocycles. The Labute approximate surface area is 157 Å². The second-order valence-corrected chi connectivity index (χ2v) is 9.69. The maximum atomic E-state index is 12.4. The molecule has 0 bridgehead atoms. The number of rotatable bonds is 6. The van der Waals surface area contributed by atoms with Gasteiger partial charge in [-0.25, -0.2) is 13.1 Å². The molecule has 0 unspecified atom stereocenters. The van der Waals surface area contributed by atoms with Crippen LogP contribution in [-0.2, 0) is 10.0 Å². The fourth-order valence-corrected chi connectivity index (χ4v) is 4.08. The molecule has 0 aliphatic rings. The van der Waals surface area contributed by atoms with Crippen molar-refractivity contribution in [3.05, 3.63) is 52.2 Å². The monoisotopic (exact) mass is 394 g/mol. The third-order valence-corrected chi connectivity index (χ3v) is 5.49. The van der Waals surface area contributed by atoms with Crippen molar-refractivity contribution in [1.82, 2.24) is 4.72 Å². The maximum absolute atomic E-state index is 12.4. The maximum Gasteiger partial charge on any atom is 0.266 e. The second-order valence-electron chi connectivity index (χ2n) is 7.07. The highest BCUT2D eigenvalue weighted by Gasteiger charge is 2.22. The molecule has 0 saturated carbocycles. The van der Waals surface area contributed by atoms with Crippen LogP contribution >= 0.6 is 11.3 Å². The standard InChI is InChI=1S/C18H22N2O4S2/c1-18(2,3)9-11-26(23,24)20-17(22)14-6-4-5-7-15(14)19-16(21)13-8-10-25-12-13/h4-8,10,12H,9,11H2,1-3H3,(H,19,21)(H,20,22). The molecule has 140 valence electrons. The Morgan fingerprint density at radius 1 is 1.08 bits per heavy atom. The lowest BCUT2D eigenvalue weighted by molar-refractivity contribution is 0.0982. The van der Waals surface area contributed by atoms with Crippen LogP contribution in [-0.4, -0.2) is 26.0 Å². The van der Waals surface area contributed by atoms with Gasteiger partial charge in [0, 0.05) is 5.38 Å². The number of benzene rings is 1. The molecule has 2 amide bonds. The van der Waals surface area contributed by atoms with E-state index in [-0.39, 0.29) is 28.3 Å². The van der Waals surface area contributed by atoms with Crippen molar-refractivity contribution in [3.8, 4) is 0 Å². The molecule has 0 fully saturated rings. The lowest BCUT2D eigenvalue weighted by Crippen LogP contribution is -2.34. The molecule has 6 nitrogen and oxygen atoms in total. The largest absolute Gasteiger partial charge is 0.321 e. The first-order valence-electron chi connectivity index (χ1n) is 8.05. The summed E-state index contributed by atoms with van der Waals surface area (Å²) in [5, 5.41) is 6.11. The van der Waals surface area contributed by atoms with E-state index >= 15 is 0 Å². The van der Waals surface area contributed by atoms with Crippen LogP contribution in [0.1, 0.15) is 47.9 Å². The molecule has 0 spiro atoms. The van der Waals surface area contributed by atoms with Crippen LogP contribution in [0.4, 0.5) is 5.69 Å². The molecule has 26 heavy (non-hydrogen) atoms. The summed E-state index contributed by atoms with van der Waals surface area (Å²) in [4.78, 5) is 24.6. The summed E-state index contributed by atoms with van der Waals surface area (Å²) in [6.07, 6.45) is 0.423. The van der Waals surface area contributed by atoms with Gasteiger partial charge < -0.3 is 5.32 Å². The average molecular weight is 395 g/mol. The van der Waals surface area contributed by atoms with E-state index < -0.39 is 15.9 Å². The second kappa shape index (κ2) is 8.01. The van der Waals surface area contributed by atoms with Crippen LogP contribution < -0.4 is 10.0 Å². The van der Waals surface area contributed by atoms with Crippen molar-refractivity contribution in [2.24, 2.45) is 5.41 Å². The van der Waals surface area contributed by atoms with Gasteiger partial charge in [-0.15, -0.1) is 0 Å². The van der Waals surface area contributed by atoms with Crippen LogP contribution in [0, 0.1) is 5.41 Å². The predicted octanol–water partition coefficient (Wildman–Crippen LogP) is 3.50. The molecule has 0 radical (unpaired) electrons. The number of thiophene rings is 1. The first-order chi connectivity index (χ1) is 12.1. The van der Waals surface area contributed by atoms with Crippen molar-refractivity contribution in [1.29, 1.82) is 0 Å². The lowest BCUT2D eigenvalue weighted by Gasteiger charge is -2.18. The van der Waals surface area contributed by atoms with E-state index in [0.717, 1.165) is 0 Å². The predicted molar refractivity (Wildman–Crippen MR) is 104 cm³/mol. The van der Waals surface area contributed by atoms with Crippen molar-refractivity contribution >= 4 is 38.9 Å². The highest BCUT2D eigenvalue weighted by atomic mass is 32.2. The van der Waals surface area contributed by atoms with Gasteiger partial charge in [0.15, 0.2) is 0 Å². The van der Waals surface area contributed by atoms with E-state index in [1.165, 1.54) is 17.4 Å². The third-order valence-electron chi connectivity index (χ3n) is 3.57. The summed E-state index contributed by atoms with van der Waals surface area (Å²) in [6, 6.07) is 7.96. The van der Waals surface area contributed by atoms with Crippen LogP contribution in [0.3, 0.4) is 0 Å². The minimum absolute atomic E-state index is 0.0930. The lowest BCUT2D eigenvalue weighted by atomic mass is 9.94. The average Bonchev–Trinajstić information content (AvgIpc) is 3.07. The van der Waals surface area contributed by atoms with E-state index in [9.17, 15) is 18.0 Å². The van der Waals surface area contributed by atoms with E-state index in [2.05, 4.69) is 10.0 Å². The van der Waals surface area contributed by atoms with Crippen molar-refractivity contribution in [2.75, 3.05) is 11.1 Å². The van der Waals surface area contributed by atoms with E-state index in [1.54, 1.807) is 35.0 Å². The number of carbonyl (C=O) groups is 2. The summed E-state index contributed by atoms with van der Waals surface area (Å²) in [5.74, 6) is -1.27. The smallest absolute Gasteiger partial charge is 0.266 e. The topological polar surface area (TPSA) is 92.3 Å². The van der Waals surface area contributed by atoms with Gasteiger partial charge in [-0.05, 0) is 35.4 Å². The summed E-state index contributed by atoms with van der Waals surface area (Å²) in [5.41, 5.74) is 0.662. The molecule has 0 atom stereocenters. The fraction of sp³-hybridized carbons (Fsp3) is 0.333. The third kappa shape index (κ3) is 5.96. The van der Waals surface area contributed by atoms with Crippen LogP contribution in [0.15, 0.2) is 41.1 Å². The van der Waals surface area contributed by atoms with Crippen molar-refractivity contribution < 1.29 is 18.0 Å². The normalized spacial score (nSPS) is 11.8. The number of sulfonamides is 1. The molecule has 8 heteroatoms. The highest BCUT2D eigenvalue weighted by Crippen LogP contribution is 2.20. The van der Waals surface area contributed by atoms with Gasteiger partial charge in [-0.2, -0.15) is 11.3 Å². The molecule has 2 rings (SSSR count). The SMILES string of the molecule is CC(C)(C)CCS(=O)(=O)NC(=O)c1ccccc1NC(=O)c1ccsc1. The van der Waals surface area contributed by atoms with Gasteiger partial charge in [0.05, 0.1) is 22.6 Å². The first kappa shape index (κ1) is 20.1. The van der Waals surface area contributed by atoms with Gasteiger partial charge in [-0.3, -0.25) is 9.59 Å². The van der Waals surface area contributed by atoms with Crippen molar-refractivity contribution in [3.63, 3.8) is 0 Å². The van der Waals surface area contributed by atoms with E-state index in [4.69, 9.17) is 0 Å². The van der Waals surface area contributed by atoms with Crippen LogP contribution in [0.2, 0.25) is 0 Å². The summed E-state index contributed by atoms with van der Waals surface area (Å²) < 4.78 is 26.4. The Bertz CT molecular complexity index is 882. The molecule has 1 aromatic heterocycles. The Hall–Kier alpha value is -2.19. The van der Waals surface area contributed by atoms with Crippen molar-refractivity contribution in [2.45, 2.75) is 27.2 Å². The number of carbonyl (C=O) groups excluding carboxylic acids is 2. The van der Waals surface area contributed by atoms with Crippen LogP contribution in [0.5, 0.6) is 0 Å². The molecular weight excluding hydrogens is 372 g/mol. The van der Waals surface area contributed by atoms with Gasteiger partial charge in [0.1, 0.15) is 0 Å². The van der Waals surface area contributed by atoms with Crippen LogP contribution in [0.25, 0.3) is 0 Å². The molecule has 1 heterocycles. The zero-order valence-corrected chi connectivity index (χ0v) is 16.5. The Morgan fingerprint density at radius 3 is 2.38 bits per heavy atom. The highest BCUT2D eigenvalue weighted by molar-refractivity contribution is 7.90. The number of amides is 2. The number of para-hydroxylation sites is 1. The molecular formula is C18H22N2O4S2. The molecule has 0 saturated heterocycles. The Kier molecular flexibility index (Phi) is 6.20. The summed E-state index contributed by atoms with van der Waals surface area (Å²) >= 11 is 1.38. The fourth-order valence-electron chi connectivity index (χ4n) is 2.07. The molecule has 2 aromatic rings. The number of nitrogens with one attached hydrogen (secondary N) is 2. The molecule has 2 N–H and O–H groups in total. The van der Waals surface area contributed by atoms with Gasteiger partial charge in [0.25, 0.3) is 11.8 Å². The quantitative estimate of drug-likeness (QED) is 0.784.